The standard InChI is InChI=1S/C11H12O4/c1-2-14-11(13)8-9(12)5-6-10-4-3-7-15-10/h3-7H,2,8H2,1H3. The van der Waals surface area contributed by atoms with Gasteiger partial charge in [0.05, 0.1) is 12.9 Å². The van der Waals surface area contributed by atoms with Gasteiger partial charge in [0.2, 0.25) is 0 Å². The van der Waals surface area contributed by atoms with Crippen molar-refractivity contribution in [3.05, 3.63) is 30.2 Å². The zero-order valence-corrected chi connectivity index (χ0v) is 8.43. The molecule has 0 spiro atoms. The summed E-state index contributed by atoms with van der Waals surface area (Å²) >= 11 is 0. The third-order valence-corrected chi connectivity index (χ3v) is 1.60. The van der Waals surface area contributed by atoms with Gasteiger partial charge in [0.25, 0.3) is 0 Å². The van der Waals surface area contributed by atoms with Crippen LogP contribution in [-0.2, 0) is 14.3 Å². The van der Waals surface area contributed by atoms with Gasteiger partial charge in [-0.15, -0.1) is 0 Å². The number of allylic oxidation sites excluding steroid dienone is 1. The summed E-state index contributed by atoms with van der Waals surface area (Å²) in [5.41, 5.74) is 0. The number of ketones is 1. The van der Waals surface area contributed by atoms with Crippen LogP contribution in [0.3, 0.4) is 0 Å². The van der Waals surface area contributed by atoms with Gasteiger partial charge in [-0.05, 0) is 31.2 Å². The summed E-state index contributed by atoms with van der Waals surface area (Å²) in [4.78, 5) is 22.1. The van der Waals surface area contributed by atoms with Crippen molar-refractivity contribution in [3.8, 4) is 0 Å². The minimum absolute atomic E-state index is 0.231. The second-order valence-electron chi connectivity index (χ2n) is 2.80. The monoisotopic (exact) mass is 208 g/mol. The van der Waals surface area contributed by atoms with Gasteiger partial charge in [0.1, 0.15) is 12.2 Å². The highest BCUT2D eigenvalue weighted by Gasteiger charge is 2.06. The number of carbonyl (C=O) groups excluding carboxylic acids is 2. The van der Waals surface area contributed by atoms with Crippen LogP contribution >= 0.6 is 0 Å². The Morgan fingerprint density at radius 3 is 2.93 bits per heavy atom. The van der Waals surface area contributed by atoms with Crippen molar-refractivity contribution < 1.29 is 18.7 Å². The van der Waals surface area contributed by atoms with Gasteiger partial charge in [-0.2, -0.15) is 0 Å². The quantitative estimate of drug-likeness (QED) is 0.420. The Morgan fingerprint density at radius 2 is 2.33 bits per heavy atom. The second-order valence-corrected chi connectivity index (χ2v) is 2.80. The fraction of sp³-hybridized carbons (Fsp3) is 0.273. The molecule has 1 heterocycles. The van der Waals surface area contributed by atoms with Gasteiger partial charge >= 0.3 is 5.97 Å². The molecule has 0 aliphatic heterocycles. The molecular formula is C11H12O4. The summed E-state index contributed by atoms with van der Waals surface area (Å²) in [5, 5.41) is 0. The Labute approximate surface area is 87.5 Å². The molecule has 0 aromatic carbocycles. The Kier molecular flexibility index (Phi) is 4.34. The van der Waals surface area contributed by atoms with Crippen LogP contribution in [0.25, 0.3) is 6.08 Å². The number of ether oxygens (including phenoxy) is 1. The number of hydrogen-bond donors (Lipinski definition) is 0. The summed E-state index contributed by atoms with van der Waals surface area (Å²) in [5.74, 6) is -0.233. The molecule has 0 radical (unpaired) electrons. The molecule has 4 nitrogen and oxygen atoms in total. The second kappa shape index (κ2) is 5.80. The van der Waals surface area contributed by atoms with E-state index < -0.39 is 5.97 Å². The summed E-state index contributed by atoms with van der Waals surface area (Å²) in [7, 11) is 0. The first-order chi connectivity index (χ1) is 7.22. The van der Waals surface area contributed by atoms with E-state index in [0.29, 0.717) is 5.76 Å². The molecule has 0 aliphatic rings. The molecule has 0 amide bonds. The number of esters is 1. The highest BCUT2D eigenvalue weighted by Crippen LogP contribution is 2.02. The predicted molar refractivity (Wildman–Crippen MR) is 54.0 cm³/mol. The number of furan rings is 1. The zero-order valence-electron chi connectivity index (χ0n) is 8.43. The van der Waals surface area contributed by atoms with Crippen LogP contribution < -0.4 is 0 Å². The maximum absolute atomic E-state index is 11.2. The number of hydrogen-bond acceptors (Lipinski definition) is 4. The van der Waals surface area contributed by atoms with Crippen LogP contribution in [0.4, 0.5) is 0 Å². The minimum Gasteiger partial charge on any atom is -0.466 e. The van der Waals surface area contributed by atoms with Gasteiger partial charge in [-0.1, -0.05) is 0 Å². The van der Waals surface area contributed by atoms with Gasteiger partial charge < -0.3 is 9.15 Å². The zero-order chi connectivity index (χ0) is 11.1. The molecule has 0 atom stereocenters. The van der Waals surface area contributed by atoms with Crippen molar-refractivity contribution in [1.82, 2.24) is 0 Å². The summed E-state index contributed by atoms with van der Waals surface area (Å²) < 4.78 is 9.61. The summed E-state index contributed by atoms with van der Waals surface area (Å²) in [6.45, 7) is 1.98. The highest BCUT2D eigenvalue weighted by molar-refractivity contribution is 6.03. The van der Waals surface area contributed by atoms with Crippen molar-refractivity contribution in [2.24, 2.45) is 0 Å². The molecule has 0 N–H and O–H groups in total. The molecule has 0 aliphatic carbocycles. The van der Waals surface area contributed by atoms with E-state index in [1.54, 1.807) is 19.1 Å². The summed E-state index contributed by atoms with van der Waals surface area (Å²) in [6.07, 6.45) is 4.10. The van der Waals surface area contributed by atoms with Gasteiger partial charge in [-0.25, -0.2) is 0 Å². The van der Waals surface area contributed by atoms with E-state index in [-0.39, 0.29) is 18.8 Å². The molecule has 0 bridgehead atoms. The van der Waals surface area contributed by atoms with Crippen LogP contribution in [0.5, 0.6) is 0 Å². The van der Waals surface area contributed by atoms with Gasteiger partial charge in [-0.3, -0.25) is 9.59 Å². The van der Waals surface area contributed by atoms with Gasteiger partial charge in [0, 0.05) is 0 Å². The molecule has 15 heavy (non-hydrogen) atoms. The van der Waals surface area contributed by atoms with E-state index in [1.165, 1.54) is 18.4 Å². The molecule has 1 rings (SSSR count). The normalized spacial score (nSPS) is 10.5. The predicted octanol–water partition coefficient (Wildman–Crippen LogP) is 1.82. The first kappa shape index (κ1) is 11.2. The molecule has 0 unspecified atom stereocenters. The molecule has 0 saturated heterocycles. The van der Waals surface area contributed by atoms with E-state index in [0.717, 1.165) is 0 Å². The lowest BCUT2D eigenvalue weighted by Gasteiger charge is -1.97. The molecular weight excluding hydrogens is 196 g/mol. The lowest BCUT2D eigenvalue weighted by Crippen LogP contribution is -2.08. The topological polar surface area (TPSA) is 56.5 Å². The third-order valence-electron chi connectivity index (χ3n) is 1.60. The molecule has 0 saturated carbocycles. The molecule has 1 aromatic heterocycles. The molecule has 0 fully saturated rings. The van der Waals surface area contributed by atoms with Crippen molar-refractivity contribution >= 4 is 17.8 Å². The highest BCUT2D eigenvalue weighted by atomic mass is 16.5. The first-order valence-corrected chi connectivity index (χ1v) is 4.62. The van der Waals surface area contributed by atoms with E-state index >= 15 is 0 Å². The Morgan fingerprint density at radius 1 is 1.53 bits per heavy atom. The van der Waals surface area contributed by atoms with Gasteiger partial charge in [0.15, 0.2) is 5.78 Å². The Balaban J connectivity index is 2.39. The largest absolute Gasteiger partial charge is 0.466 e. The fourth-order valence-corrected chi connectivity index (χ4v) is 0.974. The van der Waals surface area contributed by atoms with Crippen LogP contribution in [-0.4, -0.2) is 18.4 Å². The molecule has 1 aromatic rings. The van der Waals surface area contributed by atoms with Crippen molar-refractivity contribution in [2.45, 2.75) is 13.3 Å². The fourth-order valence-electron chi connectivity index (χ4n) is 0.974. The maximum Gasteiger partial charge on any atom is 0.313 e. The lowest BCUT2D eigenvalue weighted by molar-refractivity contribution is -0.144. The third kappa shape index (κ3) is 4.26. The maximum atomic E-state index is 11.2. The van der Waals surface area contributed by atoms with E-state index in [1.807, 2.05) is 0 Å². The van der Waals surface area contributed by atoms with E-state index in [4.69, 9.17) is 4.42 Å². The van der Waals surface area contributed by atoms with Crippen LogP contribution in [0.2, 0.25) is 0 Å². The molecule has 80 valence electrons. The van der Waals surface area contributed by atoms with E-state index in [2.05, 4.69) is 4.74 Å². The van der Waals surface area contributed by atoms with Crippen molar-refractivity contribution in [3.63, 3.8) is 0 Å². The smallest absolute Gasteiger partial charge is 0.313 e. The van der Waals surface area contributed by atoms with Crippen LogP contribution in [0.1, 0.15) is 19.1 Å². The van der Waals surface area contributed by atoms with Crippen molar-refractivity contribution in [1.29, 1.82) is 0 Å². The van der Waals surface area contributed by atoms with Crippen LogP contribution in [0.15, 0.2) is 28.9 Å². The average molecular weight is 208 g/mol. The van der Waals surface area contributed by atoms with Crippen molar-refractivity contribution in [2.75, 3.05) is 6.61 Å². The molecule has 4 heteroatoms. The first-order valence-electron chi connectivity index (χ1n) is 4.62. The Bertz CT molecular complexity index is 349. The number of carbonyl (C=O) groups is 2. The lowest BCUT2D eigenvalue weighted by atomic mass is 10.2. The average Bonchev–Trinajstić information content (AvgIpc) is 2.67. The van der Waals surface area contributed by atoms with E-state index in [9.17, 15) is 9.59 Å². The summed E-state index contributed by atoms with van der Waals surface area (Å²) in [6, 6.07) is 3.43. The number of rotatable bonds is 5. The minimum atomic E-state index is -0.508. The van der Waals surface area contributed by atoms with Crippen LogP contribution in [0, 0.1) is 0 Å². The Hall–Kier alpha value is -1.84. The SMILES string of the molecule is CCOC(=O)CC(=O)C=Cc1ccco1.